The minimum atomic E-state index is -3.46. The van der Waals surface area contributed by atoms with E-state index in [1.807, 2.05) is 18.2 Å². The van der Waals surface area contributed by atoms with Crippen molar-refractivity contribution in [2.75, 3.05) is 42.3 Å². The van der Waals surface area contributed by atoms with Crippen LogP contribution in [0.2, 0.25) is 0 Å². The van der Waals surface area contributed by atoms with Crippen molar-refractivity contribution in [3.05, 3.63) is 54.6 Å². The molecule has 2 aromatic rings. The van der Waals surface area contributed by atoms with E-state index in [4.69, 9.17) is 4.74 Å². The quantitative estimate of drug-likeness (QED) is 0.840. The first kappa shape index (κ1) is 18.4. The third-order valence-electron chi connectivity index (χ3n) is 4.21. The Labute approximate surface area is 153 Å². The van der Waals surface area contributed by atoms with E-state index in [0.29, 0.717) is 18.9 Å². The van der Waals surface area contributed by atoms with Gasteiger partial charge in [-0.1, -0.05) is 24.3 Å². The van der Waals surface area contributed by atoms with E-state index in [-0.39, 0.29) is 23.0 Å². The monoisotopic (exact) mass is 374 g/mol. The minimum absolute atomic E-state index is 0.0843. The van der Waals surface area contributed by atoms with Crippen molar-refractivity contribution >= 4 is 27.1 Å². The number of carbonyl (C=O) groups is 1. The van der Waals surface area contributed by atoms with Gasteiger partial charge in [0.05, 0.1) is 23.9 Å². The second kappa shape index (κ2) is 8.33. The van der Waals surface area contributed by atoms with Crippen molar-refractivity contribution in [3.8, 4) is 0 Å². The number of rotatable bonds is 6. The largest absolute Gasteiger partial charge is 0.378 e. The maximum Gasteiger partial charge on any atom is 0.225 e. The second-order valence-corrected chi connectivity index (χ2v) is 8.19. The van der Waals surface area contributed by atoms with Crippen LogP contribution >= 0.6 is 0 Å². The van der Waals surface area contributed by atoms with Crippen LogP contribution < -0.4 is 10.2 Å². The number of sulfone groups is 1. The van der Waals surface area contributed by atoms with Crippen molar-refractivity contribution in [2.45, 2.75) is 11.3 Å². The Morgan fingerprint density at radius 1 is 1.04 bits per heavy atom. The molecule has 1 aliphatic heterocycles. The van der Waals surface area contributed by atoms with Gasteiger partial charge in [-0.25, -0.2) is 8.42 Å². The molecule has 0 aromatic heterocycles. The molecule has 0 saturated carbocycles. The van der Waals surface area contributed by atoms with E-state index in [0.717, 1.165) is 18.8 Å². The number of ether oxygens (including phenoxy) is 1. The van der Waals surface area contributed by atoms with Crippen LogP contribution in [0.1, 0.15) is 6.42 Å². The summed E-state index contributed by atoms with van der Waals surface area (Å²) >= 11 is 0. The standard InChI is InChI=1S/C19H22N2O4S/c22-19(9-14-26(23,24)18-7-2-1-3-8-18)20-16-5-4-6-17(15-16)21-10-12-25-13-11-21/h1-8,15H,9-14H2,(H,20,22). The van der Waals surface area contributed by atoms with Crippen molar-refractivity contribution in [1.29, 1.82) is 0 Å². The van der Waals surface area contributed by atoms with Gasteiger partial charge >= 0.3 is 0 Å². The van der Waals surface area contributed by atoms with Gasteiger partial charge in [-0.15, -0.1) is 0 Å². The molecule has 1 N–H and O–H groups in total. The molecule has 2 aromatic carbocycles. The first-order chi connectivity index (χ1) is 12.5. The smallest absolute Gasteiger partial charge is 0.225 e. The molecule has 0 atom stereocenters. The molecule has 1 aliphatic rings. The Morgan fingerprint density at radius 3 is 2.50 bits per heavy atom. The second-order valence-electron chi connectivity index (χ2n) is 6.08. The van der Waals surface area contributed by atoms with Crippen LogP contribution in [0.15, 0.2) is 59.5 Å². The minimum Gasteiger partial charge on any atom is -0.378 e. The Kier molecular flexibility index (Phi) is 5.90. The highest BCUT2D eigenvalue weighted by Crippen LogP contribution is 2.21. The van der Waals surface area contributed by atoms with Gasteiger partial charge in [0, 0.05) is 30.9 Å². The van der Waals surface area contributed by atoms with Crippen LogP contribution in [0.5, 0.6) is 0 Å². The molecule has 1 amide bonds. The summed E-state index contributed by atoms with van der Waals surface area (Å²) in [6, 6.07) is 15.7. The molecule has 26 heavy (non-hydrogen) atoms. The van der Waals surface area contributed by atoms with E-state index in [9.17, 15) is 13.2 Å². The summed E-state index contributed by atoms with van der Waals surface area (Å²) in [7, 11) is -3.46. The fraction of sp³-hybridized carbons (Fsp3) is 0.316. The van der Waals surface area contributed by atoms with Gasteiger partial charge in [-0.05, 0) is 30.3 Å². The zero-order chi connectivity index (χ0) is 18.4. The molecule has 138 valence electrons. The molecule has 0 aliphatic carbocycles. The number of amides is 1. The lowest BCUT2D eigenvalue weighted by Crippen LogP contribution is -2.36. The summed E-state index contributed by atoms with van der Waals surface area (Å²) in [6.45, 7) is 3.00. The zero-order valence-electron chi connectivity index (χ0n) is 14.4. The van der Waals surface area contributed by atoms with Gasteiger partial charge in [0.1, 0.15) is 0 Å². The number of benzene rings is 2. The fourth-order valence-electron chi connectivity index (χ4n) is 2.80. The molecular formula is C19H22N2O4S. The highest BCUT2D eigenvalue weighted by Gasteiger charge is 2.16. The molecular weight excluding hydrogens is 352 g/mol. The van der Waals surface area contributed by atoms with Crippen molar-refractivity contribution in [1.82, 2.24) is 0 Å². The lowest BCUT2D eigenvalue weighted by molar-refractivity contribution is -0.115. The summed E-state index contributed by atoms with van der Waals surface area (Å²) < 4.78 is 29.9. The summed E-state index contributed by atoms with van der Waals surface area (Å²) in [5.41, 5.74) is 1.68. The average Bonchev–Trinajstić information content (AvgIpc) is 2.68. The van der Waals surface area contributed by atoms with Crippen LogP contribution in [-0.4, -0.2) is 46.4 Å². The first-order valence-corrected chi connectivity index (χ1v) is 10.2. The van der Waals surface area contributed by atoms with E-state index in [1.165, 1.54) is 0 Å². The number of hydrogen-bond acceptors (Lipinski definition) is 5. The van der Waals surface area contributed by atoms with Crippen LogP contribution in [0.25, 0.3) is 0 Å². The number of hydrogen-bond donors (Lipinski definition) is 1. The van der Waals surface area contributed by atoms with Crippen LogP contribution in [0.3, 0.4) is 0 Å². The first-order valence-electron chi connectivity index (χ1n) is 8.55. The summed E-state index contributed by atoms with van der Waals surface area (Å²) in [5.74, 6) is -0.532. The summed E-state index contributed by atoms with van der Waals surface area (Å²) in [5, 5.41) is 2.78. The summed E-state index contributed by atoms with van der Waals surface area (Å²) in [6.07, 6.45) is -0.0843. The van der Waals surface area contributed by atoms with Gasteiger partial charge in [0.25, 0.3) is 0 Å². The van der Waals surface area contributed by atoms with Gasteiger partial charge < -0.3 is 15.0 Å². The number of carbonyl (C=O) groups excluding carboxylic acids is 1. The molecule has 0 unspecified atom stereocenters. The Balaban J connectivity index is 1.58. The van der Waals surface area contributed by atoms with Crippen molar-refractivity contribution in [2.24, 2.45) is 0 Å². The Bertz CT molecular complexity index is 847. The van der Waals surface area contributed by atoms with Gasteiger partial charge in [-0.2, -0.15) is 0 Å². The molecule has 3 rings (SSSR count). The molecule has 0 spiro atoms. The lowest BCUT2D eigenvalue weighted by Gasteiger charge is -2.29. The highest BCUT2D eigenvalue weighted by molar-refractivity contribution is 7.91. The number of anilines is 2. The van der Waals surface area contributed by atoms with Crippen LogP contribution in [-0.2, 0) is 19.4 Å². The number of nitrogens with one attached hydrogen (secondary N) is 1. The summed E-state index contributed by atoms with van der Waals surface area (Å²) in [4.78, 5) is 14.6. The predicted octanol–water partition coefficient (Wildman–Crippen LogP) is 2.33. The van der Waals surface area contributed by atoms with Crippen molar-refractivity contribution in [3.63, 3.8) is 0 Å². The van der Waals surface area contributed by atoms with E-state index < -0.39 is 9.84 Å². The third kappa shape index (κ3) is 4.83. The molecule has 1 heterocycles. The molecule has 6 nitrogen and oxygen atoms in total. The zero-order valence-corrected chi connectivity index (χ0v) is 15.2. The molecule has 1 saturated heterocycles. The van der Waals surface area contributed by atoms with Crippen LogP contribution in [0, 0.1) is 0 Å². The van der Waals surface area contributed by atoms with Gasteiger partial charge in [0.2, 0.25) is 5.91 Å². The van der Waals surface area contributed by atoms with Crippen LogP contribution in [0.4, 0.5) is 11.4 Å². The van der Waals surface area contributed by atoms with E-state index in [1.54, 1.807) is 36.4 Å². The fourth-order valence-corrected chi connectivity index (χ4v) is 4.06. The Hall–Kier alpha value is -2.38. The lowest BCUT2D eigenvalue weighted by atomic mass is 10.2. The topological polar surface area (TPSA) is 75.7 Å². The maximum absolute atomic E-state index is 12.3. The number of morpholine rings is 1. The maximum atomic E-state index is 12.3. The molecule has 0 bridgehead atoms. The molecule has 7 heteroatoms. The average molecular weight is 374 g/mol. The third-order valence-corrected chi connectivity index (χ3v) is 5.94. The highest BCUT2D eigenvalue weighted by atomic mass is 32.2. The SMILES string of the molecule is O=C(CCS(=O)(=O)c1ccccc1)Nc1cccc(N2CCOCC2)c1. The molecule has 0 radical (unpaired) electrons. The van der Waals surface area contributed by atoms with E-state index in [2.05, 4.69) is 10.2 Å². The number of nitrogens with zero attached hydrogens (tertiary/aromatic N) is 1. The Morgan fingerprint density at radius 2 is 1.77 bits per heavy atom. The van der Waals surface area contributed by atoms with E-state index >= 15 is 0 Å². The van der Waals surface area contributed by atoms with Crippen molar-refractivity contribution < 1.29 is 17.9 Å². The predicted molar refractivity (Wildman–Crippen MR) is 101 cm³/mol. The molecule has 1 fully saturated rings. The normalized spacial score (nSPS) is 14.8. The van der Waals surface area contributed by atoms with Gasteiger partial charge in [-0.3, -0.25) is 4.79 Å². The van der Waals surface area contributed by atoms with Gasteiger partial charge in [0.15, 0.2) is 9.84 Å².